The number of nitrogens with two attached hydrogens (primary N) is 1. The molecule has 0 fully saturated rings. The highest BCUT2D eigenvalue weighted by molar-refractivity contribution is 7.81. The number of nitrogens with zero attached hydrogens (tertiary/aromatic N) is 2. The number of carbonyl (C=O) groups is 1. The van der Waals surface area contributed by atoms with E-state index in [1.807, 2.05) is 0 Å². The Morgan fingerprint density at radius 2 is 2.45 bits per heavy atom. The van der Waals surface area contributed by atoms with Gasteiger partial charge in [0.1, 0.15) is 0 Å². The van der Waals surface area contributed by atoms with Crippen molar-refractivity contribution in [1.82, 2.24) is 10.2 Å². The van der Waals surface area contributed by atoms with E-state index in [2.05, 4.69) is 27.6 Å². The number of hydrogen-bond acceptors (Lipinski definition) is 7. The minimum atomic E-state index is -0.468. The fraction of sp³-hybridized carbons (Fsp3) is 0.250. The molecule has 5 nitrogen and oxygen atoms in total. The summed E-state index contributed by atoms with van der Waals surface area (Å²) in [6.07, 6.45) is 0. The van der Waals surface area contributed by atoms with Gasteiger partial charge in [0.15, 0.2) is 0 Å². The maximum Gasteiger partial charge on any atom is 0.322 e. The summed E-state index contributed by atoms with van der Waals surface area (Å²) in [4.78, 5) is 10.6. The molecule has 60 valence electrons. The molecule has 0 radical (unpaired) electrons. The first-order chi connectivity index (χ1) is 5.22. The molecule has 0 aliphatic rings. The zero-order valence-electron chi connectivity index (χ0n) is 5.35. The van der Waals surface area contributed by atoms with E-state index in [0.29, 0.717) is 0 Å². The number of esters is 1. The van der Waals surface area contributed by atoms with Crippen molar-refractivity contribution in [3.05, 3.63) is 0 Å². The van der Waals surface area contributed by atoms with Crippen molar-refractivity contribution < 1.29 is 9.53 Å². The average Bonchev–Trinajstić information content (AvgIpc) is 2.35. The van der Waals surface area contributed by atoms with Crippen molar-refractivity contribution in [2.24, 2.45) is 0 Å². The van der Waals surface area contributed by atoms with Crippen LogP contribution in [0.1, 0.15) is 0 Å². The lowest BCUT2D eigenvalue weighted by Gasteiger charge is -1.92. The summed E-state index contributed by atoms with van der Waals surface area (Å²) in [7, 11) is 0. The monoisotopic (exact) mass is 191 g/mol. The van der Waals surface area contributed by atoms with Gasteiger partial charge >= 0.3 is 11.2 Å². The number of aromatic nitrogens is 2. The van der Waals surface area contributed by atoms with Crippen molar-refractivity contribution >= 4 is 35.1 Å². The van der Waals surface area contributed by atoms with Crippen LogP contribution >= 0.6 is 24.0 Å². The molecule has 0 aromatic carbocycles. The molecule has 1 rings (SSSR count). The molecule has 0 bridgehead atoms. The number of hydrogen-bond donors (Lipinski definition) is 2. The average molecular weight is 191 g/mol. The maximum absolute atomic E-state index is 10.6. The van der Waals surface area contributed by atoms with Gasteiger partial charge in [-0.2, -0.15) is 12.6 Å². The van der Waals surface area contributed by atoms with Gasteiger partial charge in [0, 0.05) is 0 Å². The van der Waals surface area contributed by atoms with Gasteiger partial charge in [0.05, 0.1) is 5.75 Å². The summed E-state index contributed by atoms with van der Waals surface area (Å²) >= 11 is 4.71. The van der Waals surface area contributed by atoms with Gasteiger partial charge < -0.3 is 10.5 Å². The Bertz CT molecular complexity index is 262. The summed E-state index contributed by atoms with van der Waals surface area (Å²) in [5.74, 6) is -0.455. The number of anilines is 1. The third kappa shape index (κ3) is 2.35. The van der Waals surface area contributed by atoms with Crippen LogP contribution in [0.15, 0.2) is 0 Å². The summed E-state index contributed by atoms with van der Waals surface area (Å²) in [5.41, 5.74) is 5.23. The SMILES string of the molecule is Nc1nnc(OC(=O)CS)s1. The minimum Gasteiger partial charge on any atom is -0.396 e. The van der Waals surface area contributed by atoms with Gasteiger partial charge in [0.25, 0.3) is 0 Å². The highest BCUT2D eigenvalue weighted by Crippen LogP contribution is 2.18. The third-order valence-electron chi connectivity index (χ3n) is 0.752. The molecular formula is C4H5N3O2S2. The van der Waals surface area contributed by atoms with Crippen molar-refractivity contribution in [2.75, 3.05) is 11.5 Å². The predicted molar refractivity (Wildman–Crippen MR) is 43.8 cm³/mol. The molecule has 0 amide bonds. The number of carbonyl (C=O) groups excluding carboxylic acids is 1. The Balaban J connectivity index is 2.57. The van der Waals surface area contributed by atoms with Crippen molar-refractivity contribution in [1.29, 1.82) is 0 Å². The van der Waals surface area contributed by atoms with Crippen LogP contribution in [0.4, 0.5) is 5.13 Å². The number of nitrogen functional groups attached to an aromatic ring is 1. The largest absolute Gasteiger partial charge is 0.396 e. The summed E-state index contributed by atoms with van der Waals surface area (Å²) < 4.78 is 4.63. The van der Waals surface area contributed by atoms with Crippen LogP contribution in [-0.4, -0.2) is 21.9 Å². The Hall–Kier alpha value is -0.820. The van der Waals surface area contributed by atoms with Gasteiger partial charge in [0.2, 0.25) is 5.13 Å². The zero-order chi connectivity index (χ0) is 8.27. The van der Waals surface area contributed by atoms with Gasteiger partial charge in [-0.25, -0.2) is 0 Å². The first kappa shape index (κ1) is 8.28. The molecule has 7 heteroatoms. The molecule has 11 heavy (non-hydrogen) atoms. The second-order valence-electron chi connectivity index (χ2n) is 1.54. The van der Waals surface area contributed by atoms with Crippen molar-refractivity contribution in [2.45, 2.75) is 0 Å². The molecule has 0 aliphatic carbocycles. The van der Waals surface area contributed by atoms with Crippen molar-refractivity contribution in [3.8, 4) is 5.19 Å². The summed E-state index contributed by atoms with van der Waals surface area (Å²) in [6, 6.07) is 0. The van der Waals surface area contributed by atoms with E-state index in [-0.39, 0.29) is 16.1 Å². The third-order valence-corrected chi connectivity index (χ3v) is 1.64. The Labute approximate surface area is 72.0 Å². The number of rotatable bonds is 2. The van der Waals surface area contributed by atoms with E-state index < -0.39 is 5.97 Å². The van der Waals surface area contributed by atoms with Crippen LogP contribution in [0.5, 0.6) is 5.19 Å². The quantitative estimate of drug-likeness (QED) is 0.506. The smallest absolute Gasteiger partial charge is 0.322 e. The summed E-state index contributed by atoms with van der Waals surface area (Å²) in [5, 5.41) is 7.34. The topological polar surface area (TPSA) is 78.1 Å². The fourth-order valence-electron chi connectivity index (χ4n) is 0.391. The molecule has 0 spiro atoms. The van der Waals surface area contributed by atoms with E-state index in [1.165, 1.54) is 0 Å². The molecule has 0 unspecified atom stereocenters. The molecule has 1 aromatic heterocycles. The maximum atomic E-state index is 10.6. The standard InChI is InChI=1S/C4H5N3O2S2/c5-3-6-7-4(11-3)9-2(8)1-10/h10H,1H2,(H2,5,6). The van der Waals surface area contributed by atoms with Gasteiger partial charge in [-0.3, -0.25) is 4.79 Å². The molecule has 2 N–H and O–H groups in total. The normalized spacial score (nSPS) is 9.55. The Morgan fingerprint density at radius 1 is 1.73 bits per heavy atom. The molecule has 0 aliphatic heterocycles. The van der Waals surface area contributed by atoms with Crippen LogP contribution in [0.3, 0.4) is 0 Å². The minimum absolute atomic E-state index is 0.0134. The lowest BCUT2D eigenvalue weighted by molar-refractivity contribution is -0.131. The van der Waals surface area contributed by atoms with Crippen LogP contribution < -0.4 is 10.5 Å². The highest BCUT2D eigenvalue weighted by Gasteiger charge is 2.06. The van der Waals surface area contributed by atoms with E-state index in [9.17, 15) is 4.79 Å². The molecule has 1 aromatic rings. The number of thiol groups is 1. The first-order valence-corrected chi connectivity index (χ1v) is 4.08. The van der Waals surface area contributed by atoms with Crippen LogP contribution in [0.2, 0.25) is 0 Å². The molecule has 0 saturated heterocycles. The van der Waals surface area contributed by atoms with Gasteiger partial charge in [-0.05, 0) is 11.3 Å². The molecule has 1 heterocycles. The lowest BCUT2D eigenvalue weighted by Crippen LogP contribution is -2.08. The Kier molecular flexibility index (Phi) is 2.66. The van der Waals surface area contributed by atoms with Crippen LogP contribution in [0.25, 0.3) is 0 Å². The molecule has 0 atom stereocenters. The first-order valence-electron chi connectivity index (χ1n) is 2.63. The fourth-order valence-corrected chi connectivity index (χ4v) is 0.933. The Morgan fingerprint density at radius 3 is 2.91 bits per heavy atom. The van der Waals surface area contributed by atoms with Crippen LogP contribution in [-0.2, 0) is 4.79 Å². The van der Waals surface area contributed by atoms with Crippen LogP contribution in [0, 0.1) is 0 Å². The highest BCUT2D eigenvalue weighted by atomic mass is 32.1. The predicted octanol–water partition coefficient (Wildman–Crippen LogP) is -0.0445. The van der Waals surface area contributed by atoms with E-state index in [4.69, 9.17) is 5.73 Å². The van der Waals surface area contributed by atoms with Crippen molar-refractivity contribution in [3.63, 3.8) is 0 Å². The second kappa shape index (κ2) is 3.54. The second-order valence-corrected chi connectivity index (χ2v) is 2.83. The zero-order valence-corrected chi connectivity index (χ0v) is 7.06. The van der Waals surface area contributed by atoms with E-state index in [1.54, 1.807) is 0 Å². The summed E-state index contributed by atoms with van der Waals surface area (Å²) in [6.45, 7) is 0. The van der Waals surface area contributed by atoms with E-state index >= 15 is 0 Å². The molecular weight excluding hydrogens is 186 g/mol. The van der Waals surface area contributed by atoms with Gasteiger partial charge in [-0.1, -0.05) is 5.10 Å². The van der Waals surface area contributed by atoms with E-state index in [0.717, 1.165) is 11.3 Å². The van der Waals surface area contributed by atoms with Gasteiger partial charge in [-0.15, -0.1) is 5.10 Å². The molecule has 0 saturated carbocycles. The lowest BCUT2D eigenvalue weighted by atomic mass is 10.8. The number of ether oxygens (including phenoxy) is 1.